The first kappa shape index (κ1) is 9.07. The molecule has 0 amide bonds. The first-order valence-electron chi connectivity index (χ1n) is 4.16. The minimum atomic E-state index is 0.860. The quantitative estimate of drug-likeness (QED) is 0.632. The fourth-order valence-electron chi connectivity index (χ4n) is 1.32. The van der Waals surface area contributed by atoms with Crippen LogP contribution in [0.2, 0.25) is 0 Å². The summed E-state index contributed by atoms with van der Waals surface area (Å²) in [5.41, 5.74) is 7.18. The van der Waals surface area contributed by atoms with Gasteiger partial charge in [-0.05, 0) is 25.6 Å². The Labute approximate surface area is 73.3 Å². The van der Waals surface area contributed by atoms with E-state index in [4.69, 9.17) is 4.74 Å². The Kier molecular flexibility index (Phi) is 3.11. The van der Waals surface area contributed by atoms with Crippen molar-refractivity contribution in [2.75, 3.05) is 13.7 Å². The first-order chi connectivity index (χ1) is 5.86. The van der Waals surface area contributed by atoms with E-state index in [1.807, 2.05) is 0 Å². The van der Waals surface area contributed by atoms with E-state index in [9.17, 15) is 0 Å². The van der Waals surface area contributed by atoms with Gasteiger partial charge in [0.15, 0.2) is 0 Å². The number of benzene rings is 1. The van der Waals surface area contributed by atoms with Crippen LogP contribution in [0.25, 0.3) is 0 Å². The van der Waals surface area contributed by atoms with Gasteiger partial charge in [-0.15, -0.1) is 0 Å². The summed E-state index contributed by atoms with van der Waals surface area (Å²) in [5, 5.41) is 0. The van der Waals surface area contributed by atoms with E-state index in [1.165, 1.54) is 18.2 Å². The van der Waals surface area contributed by atoms with Gasteiger partial charge in [0.05, 0.1) is 6.61 Å². The average Bonchev–Trinajstić information content (AvgIpc) is 2.54. The van der Waals surface area contributed by atoms with Crippen molar-refractivity contribution in [2.24, 2.45) is 5.73 Å². The highest BCUT2D eigenvalue weighted by Crippen LogP contribution is 2.25. The lowest BCUT2D eigenvalue weighted by atomic mass is 10.1. The number of nitrogens with two attached hydrogens (primary N) is 1. The molecule has 0 bridgehead atoms. The molecule has 0 atom stereocenters. The molecule has 1 aromatic rings. The SMILES string of the molecule is CN.Cc1ccc2c(c1)CCO2. The highest BCUT2D eigenvalue weighted by Gasteiger charge is 2.09. The Balaban J connectivity index is 0.000000336. The molecule has 1 aliphatic heterocycles. The maximum Gasteiger partial charge on any atom is 0.122 e. The van der Waals surface area contributed by atoms with Crippen molar-refractivity contribution in [3.63, 3.8) is 0 Å². The van der Waals surface area contributed by atoms with Crippen LogP contribution in [-0.2, 0) is 6.42 Å². The van der Waals surface area contributed by atoms with Gasteiger partial charge < -0.3 is 10.5 Å². The zero-order valence-corrected chi connectivity index (χ0v) is 7.63. The highest BCUT2D eigenvalue weighted by molar-refractivity contribution is 5.39. The molecule has 12 heavy (non-hydrogen) atoms. The van der Waals surface area contributed by atoms with Gasteiger partial charge >= 0.3 is 0 Å². The normalized spacial score (nSPS) is 12.6. The Morgan fingerprint density at radius 1 is 1.33 bits per heavy atom. The average molecular weight is 165 g/mol. The number of rotatable bonds is 0. The molecule has 0 radical (unpaired) electrons. The molecule has 0 saturated heterocycles. The fraction of sp³-hybridized carbons (Fsp3) is 0.400. The third-order valence-corrected chi connectivity index (χ3v) is 1.84. The second-order valence-corrected chi connectivity index (χ2v) is 2.71. The van der Waals surface area contributed by atoms with Gasteiger partial charge in [0.1, 0.15) is 5.75 Å². The second kappa shape index (κ2) is 4.12. The van der Waals surface area contributed by atoms with E-state index in [1.54, 1.807) is 0 Å². The third kappa shape index (κ3) is 1.77. The standard InChI is InChI=1S/C9H10O.CH5N/c1-7-2-3-9-8(6-7)4-5-10-9;1-2/h2-3,6H,4-5H2,1H3;2H2,1H3. The summed E-state index contributed by atoms with van der Waals surface area (Å²) in [6, 6.07) is 6.34. The summed E-state index contributed by atoms with van der Waals surface area (Å²) >= 11 is 0. The zero-order chi connectivity index (χ0) is 8.97. The lowest BCUT2D eigenvalue weighted by molar-refractivity contribution is 0.357. The van der Waals surface area contributed by atoms with Gasteiger partial charge in [0.25, 0.3) is 0 Å². The van der Waals surface area contributed by atoms with Crippen molar-refractivity contribution < 1.29 is 4.74 Å². The number of aryl methyl sites for hydroxylation is 1. The molecule has 0 spiro atoms. The summed E-state index contributed by atoms with van der Waals surface area (Å²) < 4.78 is 5.35. The summed E-state index contributed by atoms with van der Waals surface area (Å²) in [6.45, 7) is 2.97. The third-order valence-electron chi connectivity index (χ3n) is 1.84. The van der Waals surface area contributed by atoms with Crippen LogP contribution in [0.5, 0.6) is 5.75 Å². The van der Waals surface area contributed by atoms with Gasteiger partial charge in [-0.2, -0.15) is 0 Å². The topological polar surface area (TPSA) is 35.2 Å². The van der Waals surface area contributed by atoms with Gasteiger partial charge in [0.2, 0.25) is 0 Å². The molecule has 1 aromatic carbocycles. The molecule has 0 unspecified atom stereocenters. The minimum Gasteiger partial charge on any atom is -0.493 e. The van der Waals surface area contributed by atoms with Gasteiger partial charge in [-0.3, -0.25) is 0 Å². The lowest BCUT2D eigenvalue weighted by Gasteiger charge is -1.97. The predicted octanol–water partition coefficient (Wildman–Crippen LogP) is 1.50. The number of hydrogen-bond donors (Lipinski definition) is 1. The van der Waals surface area contributed by atoms with Crippen LogP contribution in [-0.4, -0.2) is 13.7 Å². The molecule has 66 valence electrons. The van der Waals surface area contributed by atoms with Crippen LogP contribution in [0.4, 0.5) is 0 Å². The summed E-state index contributed by atoms with van der Waals surface area (Å²) in [4.78, 5) is 0. The van der Waals surface area contributed by atoms with Crippen molar-refractivity contribution in [1.29, 1.82) is 0 Å². The van der Waals surface area contributed by atoms with Gasteiger partial charge in [-0.1, -0.05) is 17.7 Å². The van der Waals surface area contributed by atoms with E-state index in [0.29, 0.717) is 0 Å². The van der Waals surface area contributed by atoms with Crippen LogP contribution in [0.15, 0.2) is 18.2 Å². The summed E-state index contributed by atoms with van der Waals surface area (Å²) in [5.74, 6) is 1.07. The molecule has 0 saturated carbocycles. The smallest absolute Gasteiger partial charge is 0.122 e. The van der Waals surface area contributed by atoms with E-state index >= 15 is 0 Å². The van der Waals surface area contributed by atoms with Crippen LogP contribution in [0, 0.1) is 6.92 Å². The van der Waals surface area contributed by atoms with Crippen LogP contribution in [0.1, 0.15) is 11.1 Å². The van der Waals surface area contributed by atoms with Gasteiger partial charge in [-0.25, -0.2) is 0 Å². The maximum absolute atomic E-state index is 5.35. The zero-order valence-electron chi connectivity index (χ0n) is 7.63. The maximum atomic E-state index is 5.35. The molecule has 0 fully saturated rings. The number of hydrogen-bond acceptors (Lipinski definition) is 2. The molecule has 2 heteroatoms. The Bertz CT molecular complexity index is 258. The van der Waals surface area contributed by atoms with Crippen molar-refractivity contribution in [3.05, 3.63) is 29.3 Å². The number of fused-ring (bicyclic) bond motifs is 1. The van der Waals surface area contributed by atoms with Crippen molar-refractivity contribution >= 4 is 0 Å². The van der Waals surface area contributed by atoms with E-state index in [2.05, 4.69) is 30.9 Å². The Morgan fingerprint density at radius 2 is 2.08 bits per heavy atom. The molecule has 2 nitrogen and oxygen atoms in total. The van der Waals surface area contributed by atoms with Crippen molar-refractivity contribution in [1.82, 2.24) is 0 Å². The molecular weight excluding hydrogens is 150 g/mol. The monoisotopic (exact) mass is 165 g/mol. The molecule has 0 aliphatic carbocycles. The van der Waals surface area contributed by atoms with Crippen LogP contribution in [0.3, 0.4) is 0 Å². The van der Waals surface area contributed by atoms with E-state index in [0.717, 1.165) is 18.8 Å². The lowest BCUT2D eigenvalue weighted by Crippen LogP contribution is -1.85. The highest BCUT2D eigenvalue weighted by atomic mass is 16.5. The molecular formula is C10H15NO. The van der Waals surface area contributed by atoms with Crippen LogP contribution < -0.4 is 10.5 Å². The van der Waals surface area contributed by atoms with E-state index < -0.39 is 0 Å². The molecule has 0 aromatic heterocycles. The van der Waals surface area contributed by atoms with Crippen LogP contribution >= 0.6 is 0 Å². The summed E-state index contributed by atoms with van der Waals surface area (Å²) in [7, 11) is 1.50. The summed E-state index contributed by atoms with van der Waals surface area (Å²) in [6.07, 6.45) is 1.08. The molecule has 2 N–H and O–H groups in total. The predicted molar refractivity (Wildman–Crippen MR) is 50.5 cm³/mol. The van der Waals surface area contributed by atoms with Crippen molar-refractivity contribution in [3.8, 4) is 5.75 Å². The largest absolute Gasteiger partial charge is 0.493 e. The number of ether oxygens (including phenoxy) is 1. The van der Waals surface area contributed by atoms with Crippen molar-refractivity contribution in [2.45, 2.75) is 13.3 Å². The second-order valence-electron chi connectivity index (χ2n) is 2.71. The Morgan fingerprint density at radius 3 is 2.83 bits per heavy atom. The fourth-order valence-corrected chi connectivity index (χ4v) is 1.32. The molecule has 1 aliphatic rings. The Hall–Kier alpha value is -1.02. The van der Waals surface area contributed by atoms with Gasteiger partial charge in [0, 0.05) is 6.42 Å². The minimum absolute atomic E-state index is 0.860. The van der Waals surface area contributed by atoms with E-state index in [-0.39, 0.29) is 0 Å². The molecule has 2 rings (SSSR count). The molecule has 1 heterocycles. The first-order valence-corrected chi connectivity index (χ1v) is 4.16.